The van der Waals surface area contributed by atoms with Gasteiger partial charge in [0.1, 0.15) is 5.92 Å². The summed E-state index contributed by atoms with van der Waals surface area (Å²) >= 11 is 0. The molecular weight excluding hydrogens is 676 g/mol. The van der Waals surface area contributed by atoms with Gasteiger partial charge in [0.2, 0.25) is 0 Å². The van der Waals surface area contributed by atoms with Gasteiger partial charge in [-0.1, -0.05) is 24.8 Å². The van der Waals surface area contributed by atoms with E-state index in [4.69, 9.17) is 24.2 Å². The number of aromatic nitrogens is 4. The van der Waals surface area contributed by atoms with Gasteiger partial charge < -0.3 is 29.3 Å². The molecule has 0 radical (unpaired) electrons. The Bertz CT molecular complexity index is 2370. The molecule has 1 aliphatic carbocycles. The van der Waals surface area contributed by atoms with Crippen molar-refractivity contribution in [1.29, 1.82) is 0 Å². The van der Waals surface area contributed by atoms with E-state index in [2.05, 4.69) is 16.5 Å². The normalized spacial score (nSPS) is 17.8. The first-order chi connectivity index (χ1) is 25.3. The Hall–Kier alpha value is -6.04. The van der Waals surface area contributed by atoms with E-state index in [0.717, 1.165) is 44.4 Å². The molecular formula is C41H42N4O8. The third-order valence-electron chi connectivity index (χ3n) is 10.7. The largest absolute Gasteiger partial charge is 0.481 e. The zero-order valence-electron chi connectivity index (χ0n) is 30.9. The fraction of sp³-hybridized carbons (Fsp3) is 0.317. The second kappa shape index (κ2) is 14.2. The van der Waals surface area contributed by atoms with Gasteiger partial charge in [-0.05, 0) is 98.2 Å². The predicted octanol–water partition coefficient (Wildman–Crippen LogP) is 6.72. The molecule has 3 aliphatic rings. The minimum atomic E-state index is -1.18. The number of methoxy groups -OCH3 is 3. The van der Waals surface area contributed by atoms with Crippen LogP contribution in [0.4, 0.5) is 0 Å². The third-order valence-corrected chi connectivity index (χ3v) is 10.7. The number of carbonyl (C=O) groups is 4. The number of aromatic amines is 2. The standard InChI is InChI=1S/C41H42N4O8/c1-9-23-20(2)29-17-34-27-13-10-26(39(49)52-7)38(40(50)53-8)41(27,5)35(45-34)19-30-22(4)24(11-14-36(46)47)32(44-30)18-33-25(12-15-37(48)51-6)21(3)28(43-33)16-31(23)42-29/h9-10,13,16-19,38,42,44H,1,11-12,14-15H2,2-8H3,(H,46,47)/t38-,41+/m1/s1. The Morgan fingerprint density at radius 2 is 1.51 bits per heavy atom. The molecule has 12 nitrogen and oxygen atoms in total. The number of H-pyrrole nitrogens is 2. The van der Waals surface area contributed by atoms with Crippen molar-refractivity contribution in [3.05, 3.63) is 93.6 Å². The number of aliphatic carboxylic acids is 1. The van der Waals surface area contributed by atoms with Gasteiger partial charge in [0.25, 0.3) is 0 Å². The van der Waals surface area contributed by atoms with Crippen LogP contribution in [0.25, 0.3) is 44.9 Å². The third kappa shape index (κ3) is 6.28. The SMILES string of the molecule is C=Cc1c(C)c2cc3nc(cc4[nH]c(cc5nc(cc1[nH]2)C(C)=C5CCC(=O)OC)c(CCC(=O)O)c4C)[C@]1(C)C3=CC=C(C(=O)OC)[C@@H]1C(=O)OC. The molecule has 3 N–H and O–H groups in total. The van der Waals surface area contributed by atoms with Crippen LogP contribution in [0.1, 0.15) is 78.1 Å². The van der Waals surface area contributed by atoms with Gasteiger partial charge in [-0.15, -0.1) is 0 Å². The van der Waals surface area contributed by atoms with Crippen molar-refractivity contribution in [2.45, 2.75) is 58.8 Å². The molecule has 0 aromatic carbocycles. The highest BCUT2D eigenvalue weighted by molar-refractivity contribution is 6.02. The van der Waals surface area contributed by atoms with Crippen molar-refractivity contribution in [2.24, 2.45) is 5.92 Å². The number of allylic oxidation sites excluding steroid dienone is 5. The molecule has 0 fully saturated rings. The number of rotatable bonds is 9. The van der Waals surface area contributed by atoms with E-state index in [1.54, 1.807) is 18.2 Å². The maximum atomic E-state index is 13.7. The summed E-state index contributed by atoms with van der Waals surface area (Å²) in [4.78, 5) is 68.1. The van der Waals surface area contributed by atoms with Crippen molar-refractivity contribution in [1.82, 2.24) is 19.9 Å². The number of hydrogen-bond acceptors (Lipinski definition) is 9. The predicted molar refractivity (Wildman–Crippen MR) is 201 cm³/mol. The lowest BCUT2D eigenvalue weighted by molar-refractivity contribution is -0.149. The van der Waals surface area contributed by atoms with E-state index >= 15 is 0 Å². The summed E-state index contributed by atoms with van der Waals surface area (Å²) in [6, 6.07) is 7.59. The van der Waals surface area contributed by atoms with Gasteiger partial charge >= 0.3 is 23.9 Å². The monoisotopic (exact) mass is 718 g/mol. The number of nitrogens with zero attached hydrogens (tertiary/aromatic N) is 2. The lowest BCUT2D eigenvalue weighted by Crippen LogP contribution is -2.42. The average Bonchev–Trinajstić information content (AvgIpc) is 3.79. The van der Waals surface area contributed by atoms with E-state index in [-0.39, 0.29) is 30.8 Å². The summed E-state index contributed by atoms with van der Waals surface area (Å²) in [5.41, 5.74) is 9.92. The highest BCUT2D eigenvalue weighted by Gasteiger charge is 2.53. The Labute approximate surface area is 306 Å². The number of carbonyl (C=O) groups excluding carboxylic acids is 3. The Morgan fingerprint density at radius 1 is 0.830 bits per heavy atom. The molecule has 0 unspecified atom stereocenters. The number of carboxylic acid groups (broad SMARTS) is 1. The van der Waals surface area contributed by atoms with Gasteiger partial charge in [-0.2, -0.15) is 0 Å². The van der Waals surface area contributed by atoms with Crippen LogP contribution in [0.15, 0.2) is 48.6 Å². The lowest BCUT2D eigenvalue weighted by atomic mass is 9.64. The molecule has 6 rings (SSSR count). The molecule has 0 amide bonds. The quantitative estimate of drug-likeness (QED) is 0.159. The Morgan fingerprint density at radius 3 is 2.17 bits per heavy atom. The van der Waals surface area contributed by atoms with E-state index in [9.17, 15) is 24.3 Å². The van der Waals surface area contributed by atoms with Gasteiger partial charge in [0.15, 0.2) is 0 Å². The number of nitrogens with one attached hydrogen (secondary N) is 2. The smallest absolute Gasteiger partial charge is 0.334 e. The molecule has 2 aliphatic heterocycles. The van der Waals surface area contributed by atoms with Crippen LogP contribution in [0, 0.1) is 19.8 Å². The van der Waals surface area contributed by atoms with Crippen LogP contribution < -0.4 is 0 Å². The van der Waals surface area contributed by atoms with Crippen molar-refractivity contribution in [2.75, 3.05) is 21.3 Å². The zero-order valence-corrected chi connectivity index (χ0v) is 30.9. The minimum Gasteiger partial charge on any atom is -0.481 e. The maximum absolute atomic E-state index is 13.7. The van der Waals surface area contributed by atoms with Crippen LogP contribution in [0.3, 0.4) is 0 Å². The molecule has 274 valence electrons. The van der Waals surface area contributed by atoms with Crippen LogP contribution in [0.5, 0.6) is 0 Å². The van der Waals surface area contributed by atoms with Gasteiger partial charge in [0.05, 0.1) is 55.1 Å². The highest BCUT2D eigenvalue weighted by Crippen LogP contribution is 2.52. The zero-order chi connectivity index (χ0) is 38.4. The summed E-state index contributed by atoms with van der Waals surface area (Å²) in [7, 11) is 3.89. The van der Waals surface area contributed by atoms with Gasteiger partial charge in [0, 0.05) is 40.5 Å². The van der Waals surface area contributed by atoms with Gasteiger partial charge in [-0.25, -0.2) is 9.78 Å². The summed E-state index contributed by atoms with van der Waals surface area (Å²) < 4.78 is 15.3. The molecule has 12 heteroatoms. The molecule has 0 saturated carbocycles. The molecule has 0 saturated heterocycles. The second-order valence-corrected chi connectivity index (χ2v) is 13.5. The fourth-order valence-electron chi connectivity index (χ4n) is 7.68. The minimum absolute atomic E-state index is 0.116. The maximum Gasteiger partial charge on any atom is 0.334 e. The van der Waals surface area contributed by atoms with Gasteiger partial charge in [-0.3, -0.25) is 19.4 Å². The summed E-state index contributed by atoms with van der Waals surface area (Å²) in [5.74, 6) is -3.68. The first-order valence-corrected chi connectivity index (χ1v) is 17.2. The van der Waals surface area contributed by atoms with E-state index < -0.39 is 29.2 Å². The van der Waals surface area contributed by atoms with Crippen molar-refractivity contribution < 1.29 is 38.5 Å². The molecule has 3 aromatic heterocycles. The van der Waals surface area contributed by atoms with Crippen LogP contribution >= 0.6 is 0 Å². The van der Waals surface area contributed by atoms with E-state index in [1.807, 2.05) is 52.0 Å². The molecule has 0 spiro atoms. The van der Waals surface area contributed by atoms with Crippen molar-refractivity contribution >= 4 is 68.7 Å². The molecule has 8 bridgehead atoms. The topological polar surface area (TPSA) is 174 Å². The van der Waals surface area contributed by atoms with Crippen LogP contribution in [0.2, 0.25) is 0 Å². The number of ether oxygens (including phenoxy) is 3. The lowest BCUT2D eigenvalue weighted by Gasteiger charge is -2.36. The second-order valence-electron chi connectivity index (χ2n) is 13.5. The van der Waals surface area contributed by atoms with Crippen molar-refractivity contribution in [3.8, 4) is 0 Å². The van der Waals surface area contributed by atoms with E-state index in [0.29, 0.717) is 45.8 Å². The van der Waals surface area contributed by atoms with E-state index in [1.165, 1.54) is 21.3 Å². The number of aryl methyl sites for hydroxylation is 3. The number of hydrogen-bond donors (Lipinski definition) is 3. The summed E-state index contributed by atoms with van der Waals surface area (Å²) in [6.07, 6.45) is 5.78. The number of esters is 3. The number of fused-ring (bicyclic) bond motifs is 11. The number of carboxylic acids is 1. The molecule has 53 heavy (non-hydrogen) atoms. The first kappa shape index (κ1) is 36.7. The highest BCUT2D eigenvalue weighted by atomic mass is 16.5. The fourth-order valence-corrected chi connectivity index (χ4v) is 7.68. The Kier molecular flexibility index (Phi) is 9.83. The molecule has 3 aromatic rings. The Balaban J connectivity index is 1.77. The summed E-state index contributed by atoms with van der Waals surface area (Å²) in [5, 5.41) is 9.68. The molecule has 5 heterocycles. The molecule has 2 atom stereocenters. The average molecular weight is 719 g/mol. The van der Waals surface area contributed by atoms with Crippen molar-refractivity contribution in [3.63, 3.8) is 0 Å². The summed E-state index contributed by atoms with van der Waals surface area (Å²) in [6.45, 7) is 11.8. The van der Waals surface area contributed by atoms with Crippen LogP contribution in [-0.2, 0) is 45.2 Å². The first-order valence-electron chi connectivity index (χ1n) is 17.2. The van der Waals surface area contributed by atoms with Crippen LogP contribution in [-0.4, -0.2) is 70.2 Å².